The maximum Gasteiger partial charge on any atom is 0.346 e. The van der Waals surface area contributed by atoms with Crippen molar-refractivity contribution in [2.24, 2.45) is 0 Å². The summed E-state index contributed by atoms with van der Waals surface area (Å²) in [4.78, 5) is 33.2. The number of ether oxygens (including phenoxy) is 2. The summed E-state index contributed by atoms with van der Waals surface area (Å²) in [6.07, 6.45) is 0. The average Bonchev–Trinajstić information content (AvgIpc) is 2.46. The number of rotatable bonds is 4. The predicted molar refractivity (Wildman–Crippen MR) is 73.0 cm³/mol. The fourth-order valence-corrected chi connectivity index (χ4v) is 1.93. The van der Waals surface area contributed by atoms with Crippen LogP contribution in [0.15, 0.2) is 29.8 Å². The van der Waals surface area contributed by atoms with E-state index in [1.807, 2.05) is 0 Å². The lowest BCUT2D eigenvalue weighted by Crippen LogP contribution is -2.16. The van der Waals surface area contributed by atoms with Gasteiger partial charge in [-0.15, -0.1) is 0 Å². The van der Waals surface area contributed by atoms with Gasteiger partial charge in [-0.2, -0.15) is 0 Å². The molecule has 0 aliphatic carbocycles. The van der Waals surface area contributed by atoms with Gasteiger partial charge in [0.25, 0.3) is 5.69 Å². The number of benzene rings is 1. The molecule has 0 aliphatic heterocycles. The van der Waals surface area contributed by atoms with Crippen molar-refractivity contribution in [2.75, 3.05) is 14.2 Å². The zero-order chi connectivity index (χ0) is 15.3. The van der Waals surface area contributed by atoms with Gasteiger partial charge in [0.2, 0.25) is 0 Å². The molecule has 0 saturated heterocycles. The van der Waals surface area contributed by atoms with Crippen LogP contribution in [-0.2, 0) is 19.1 Å². The van der Waals surface area contributed by atoms with Gasteiger partial charge in [0.05, 0.1) is 19.1 Å². The van der Waals surface area contributed by atoms with E-state index in [1.54, 1.807) is 0 Å². The van der Waals surface area contributed by atoms with Crippen LogP contribution in [0.5, 0.6) is 0 Å². The molecule has 0 fully saturated rings. The molecule has 1 rings (SSSR count). The molecule has 106 valence electrons. The minimum absolute atomic E-state index is 0.105. The van der Waals surface area contributed by atoms with Gasteiger partial charge in [-0.05, 0) is 33.6 Å². The molecule has 1 aromatic carbocycles. The Morgan fingerprint density at radius 1 is 1.10 bits per heavy atom. The number of non-ortho nitro benzene ring substituents is 1. The Morgan fingerprint density at radius 2 is 1.55 bits per heavy atom. The third-order valence-corrected chi connectivity index (χ3v) is 3.18. The lowest BCUT2D eigenvalue weighted by atomic mass is 10.1. The van der Waals surface area contributed by atoms with E-state index in [-0.39, 0.29) is 15.7 Å². The van der Waals surface area contributed by atoms with Crippen LogP contribution < -0.4 is 0 Å². The van der Waals surface area contributed by atoms with Gasteiger partial charge in [0.1, 0.15) is 0 Å². The molecule has 0 aromatic heterocycles. The Hall–Kier alpha value is -2.22. The molecule has 20 heavy (non-hydrogen) atoms. The summed E-state index contributed by atoms with van der Waals surface area (Å²) in [5, 5.41) is 10.6. The summed E-state index contributed by atoms with van der Waals surface area (Å²) < 4.78 is 9.14. The number of hydrogen-bond acceptors (Lipinski definition) is 6. The summed E-state index contributed by atoms with van der Waals surface area (Å²) in [6.45, 7) is 0. The first-order valence-corrected chi connectivity index (χ1v) is 6.03. The standard InChI is InChI=1S/C12H10BrNO6/c1-19-11(15)9(12(16)20-2)10(13)7-3-5-8(6-4-7)14(17)18/h3-6H,1-2H3. The summed E-state index contributed by atoms with van der Waals surface area (Å²) in [5.41, 5.74) is -0.0306. The highest BCUT2D eigenvalue weighted by molar-refractivity contribution is 9.15. The SMILES string of the molecule is COC(=O)C(C(=O)OC)=C(Br)c1ccc([N+](=O)[O-])cc1. The Labute approximate surface area is 122 Å². The number of carbonyl (C=O) groups excluding carboxylic acids is 2. The van der Waals surface area contributed by atoms with Gasteiger partial charge in [0.15, 0.2) is 5.57 Å². The number of nitro groups is 1. The van der Waals surface area contributed by atoms with Gasteiger partial charge in [-0.1, -0.05) is 0 Å². The topological polar surface area (TPSA) is 95.7 Å². The Balaban J connectivity index is 3.31. The van der Waals surface area contributed by atoms with Crippen LogP contribution in [0.4, 0.5) is 5.69 Å². The second-order valence-corrected chi connectivity index (χ2v) is 4.27. The van der Waals surface area contributed by atoms with E-state index in [4.69, 9.17) is 0 Å². The van der Waals surface area contributed by atoms with Crippen molar-refractivity contribution in [1.82, 2.24) is 0 Å². The normalized spacial score (nSPS) is 9.55. The predicted octanol–water partition coefficient (Wildman–Crippen LogP) is 2.05. The van der Waals surface area contributed by atoms with Crippen LogP contribution >= 0.6 is 15.9 Å². The fourth-order valence-electron chi connectivity index (χ4n) is 1.34. The smallest absolute Gasteiger partial charge is 0.346 e. The molecular weight excluding hydrogens is 334 g/mol. The van der Waals surface area contributed by atoms with Crippen LogP contribution in [0.1, 0.15) is 5.56 Å². The molecule has 1 aromatic rings. The summed E-state index contributed by atoms with van der Waals surface area (Å²) in [7, 11) is 2.25. The number of halogens is 1. The molecule has 0 atom stereocenters. The molecule has 7 nitrogen and oxygen atoms in total. The first-order valence-electron chi connectivity index (χ1n) is 5.23. The lowest BCUT2D eigenvalue weighted by molar-refractivity contribution is -0.384. The van der Waals surface area contributed by atoms with E-state index in [0.717, 1.165) is 14.2 Å². The minimum atomic E-state index is -0.873. The van der Waals surface area contributed by atoms with Crippen molar-refractivity contribution in [2.45, 2.75) is 0 Å². The van der Waals surface area contributed by atoms with Gasteiger partial charge < -0.3 is 9.47 Å². The summed E-state index contributed by atoms with van der Waals surface area (Å²) in [5.74, 6) is -1.75. The molecule has 0 spiro atoms. The maximum atomic E-state index is 11.6. The molecule has 0 unspecified atom stereocenters. The highest BCUT2D eigenvalue weighted by atomic mass is 79.9. The van der Waals surface area contributed by atoms with E-state index < -0.39 is 16.9 Å². The van der Waals surface area contributed by atoms with Crippen molar-refractivity contribution in [3.63, 3.8) is 0 Å². The summed E-state index contributed by atoms with van der Waals surface area (Å²) in [6, 6.07) is 5.30. The number of hydrogen-bond donors (Lipinski definition) is 0. The third-order valence-electron chi connectivity index (χ3n) is 2.33. The zero-order valence-corrected chi connectivity index (χ0v) is 12.2. The van der Waals surface area contributed by atoms with Crippen molar-refractivity contribution < 1.29 is 24.0 Å². The number of esters is 2. The van der Waals surface area contributed by atoms with Crippen molar-refractivity contribution in [1.29, 1.82) is 0 Å². The highest BCUT2D eigenvalue weighted by Crippen LogP contribution is 2.28. The Bertz CT molecular complexity index is 560. The highest BCUT2D eigenvalue weighted by Gasteiger charge is 2.24. The van der Waals surface area contributed by atoms with Gasteiger partial charge in [-0.3, -0.25) is 10.1 Å². The number of methoxy groups -OCH3 is 2. The quantitative estimate of drug-likeness (QED) is 0.207. The minimum Gasteiger partial charge on any atom is -0.465 e. The van der Waals surface area contributed by atoms with Crippen molar-refractivity contribution in [3.8, 4) is 0 Å². The van der Waals surface area contributed by atoms with E-state index in [0.29, 0.717) is 5.56 Å². The second-order valence-electron chi connectivity index (χ2n) is 3.48. The molecule has 0 amide bonds. The molecule has 0 N–H and O–H groups in total. The zero-order valence-electron chi connectivity index (χ0n) is 10.6. The van der Waals surface area contributed by atoms with E-state index in [9.17, 15) is 19.7 Å². The molecule has 0 radical (unpaired) electrons. The van der Waals surface area contributed by atoms with E-state index in [2.05, 4.69) is 25.4 Å². The summed E-state index contributed by atoms with van der Waals surface area (Å²) >= 11 is 3.10. The van der Waals surface area contributed by atoms with Crippen LogP contribution in [0.25, 0.3) is 4.48 Å². The molecule has 0 aliphatic rings. The number of nitrogens with zero attached hydrogens (tertiary/aromatic N) is 1. The second kappa shape index (κ2) is 6.80. The maximum absolute atomic E-state index is 11.6. The van der Waals surface area contributed by atoms with Crippen molar-refractivity contribution in [3.05, 3.63) is 45.5 Å². The Morgan fingerprint density at radius 3 is 1.90 bits per heavy atom. The molecule has 0 heterocycles. The average molecular weight is 344 g/mol. The van der Waals surface area contributed by atoms with Crippen LogP contribution in [0.3, 0.4) is 0 Å². The Kier molecular flexibility index (Phi) is 5.39. The largest absolute Gasteiger partial charge is 0.465 e. The number of nitro benzene ring substituents is 1. The van der Waals surface area contributed by atoms with Crippen LogP contribution in [-0.4, -0.2) is 31.1 Å². The molecule has 0 saturated carbocycles. The van der Waals surface area contributed by atoms with Gasteiger partial charge in [0, 0.05) is 16.6 Å². The van der Waals surface area contributed by atoms with E-state index in [1.165, 1.54) is 24.3 Å². The van der Waals surface area contributed by atoms with Crippen LogP contribution in [0, 0.1) is 10.1 Å². The van der Waals surface area contributed by atoms with E-state index >= 15 is 0 Å². The number of carbonyl (C=O) groups is 2. The molecular formula is C12H10BrNO6. The fraction of sp³-hybridized carbons (Fsp3) is 0.167. The van der Waals surface area contributed by atoms with Crippen molar-refractivity contribution >= 4 is 38.0 Å². The third kappa shape index (κ3) is 3.41. The first kappa shape index (κ1) is 15.8. The van der Waals surface area contributed by atoms with Gasteiger partial charge >= 0.3 is 11.9 Å². The van der Waals surface area contributed by atoms with Crippen LogP contribution in [0.2, 0.25) is 0 Å². The van der Waals surface area contributed by atoms with Gasteiger partial charge in [-0.25, -0.2) is 9.59 Å². The molecule has 0 bridgehead atoms. The first-order chi connectivity index (χ1) is 9.42. The monoisotopic (exact) mass is 343 g/mol. The lowest BCUT2D eigenvalue weighted by Gasteiger charge is -2.07. The molecule has 8 heteroatoms.